The molecule has 3 nitrogen and oxygen atoms in total. The first-order valence-electron chi connectivity index (χ1n) is 9.21. The molecule has 0 fully saturated rings. The van der Waals surface area contributed by atoms with Crippen molar-refractivity contribution in [1.29, 1.82) is 0 Å². The van der Waals surface area contributed by atoms with E-state index in [0.29, 0.717) is 11.1 Å². The minimum absolute atomic E-state index is 0.341. The van der Waals surface area contributed by atoms with E-state index in [-0.39, 0.29) is 5.63 Å². The van der Waals surface area contributed by atoms with Crippen LogP contribution < -0.4 is 10.5 Å². The fourth-order valence-electron chi connectivity index (χ4n) is 3.47. The third-order valence-corrected chi connectivity index (χ3v) is 4.73. The van der Waals surface area contributed by atoms with Gasteiger partial charge in [0.25, 0.3) is 0 Å². The maximum absolute atomic E-state index is 12.9. The number of rotatable bonds is 4. The molecule has 28 heavy (non-hydrogen) atoms. The highest BCUT2D eigenvalue weighted by Crippen LogP contribution is 2.32. The summed E-state index contributed by atoms with van der Waals surface area (Å²) in [6.07, 6.45) is 1.94. The molecule has 0 aliphatic rings. The van der Waals surface area contributed by atoms with Crippen molar-refractivity contribution in [2.24, 2.45) is 0 Å². The van der Waals surface area contributed by atoms with Crippen LogP contribution in [0.15, 0.2) is 94.1 Å². The number of benzene rings is 3. The first kappa shape index (κ1) is 17.8. The molecular formula is C25H21NO2. The van der Waals surface area contributed by atoms with Crippen molar-refractivity contribution < 1.29 is 4.42 Å². The molecule has 0 unspecified atom stereocenters. The molecule has 0 aliphatic carbocycles. The second-order valence-electron chi connectivity index (χ2n) is 6.83. The van der Waals surface area contributed by atoms with Crippen LogP contribution in [0.5, 0.6) is 0 Å². The van der Waals surface area contributed by atoms with E-state index in [4.69, 9.17) is 4.42 Å². The van der Waals surface area contributed by atoms with Crippen molar-refractivity contribution in [3.63, 3.8) is 0 Å². The van der Waals surface area contributed by atoms with E-state index in [2.05, 4.69) is 24.3 Å². The van der Waals surface area contributed by atoms with Crippen molar-refractivity contribution in [2.75, 3.05) is 19.0 Å². The van der Waals surface area contributed by atoms with Crippen LogP contribution >= 0.6 is 0 Å². The topological polar surface area (TPSA) is 33.5 Å². The van der Waals surface area contributed by atoms with Crippen LogP contribution in [0, 0.1) is 0 Å². The lowest BCUT2D eigenvalue weighted by molar-refractivity contribution is 0.559. The van der Waals surface area contributed by atoms with Gasteiger partial charge in [-0.15, -0.1) is 0 Å². The highest BCUT2D eigenvalue weighted by Gasteiger charge is 2.16. The predicted octanol–water partition coefficient (Wildman–Crippen LogP) is 5.45. The Morgan fingerprint density at radius 2 is 1.32 bits per heavy atom. The quantitative estimate of drug-likeness (QED) is 0.450. The molecule has 4 aromatic rings. The summed E-state index contributed by atoms with van der Waals surface area (Å²) >= 11 is 0. The minimum Gasteiger partial charge on any atom is -0.422 e. The molecular weight excluding hydrogens is 346 g/mol. The molecule has 4 rings (SSSR count). The fourth-order valence-corrected chi connectivity index (χ4v) is 3.47. The Morgan fingerprint density at radius 1 is 0.786 bits per heavy atom. The minimum atomic E-state index is -0.341. The average molecular weight is 367 g/mol. The lowest BCUT2D eigenvalue weighted by Crippen LogP contribution is -2.16. The number of hydrogen-bond acceptors (Lipinski definition) is 3. The van der Waals surface area contributed by atoms with E-state index in [0.717, 1.165) is 27.8 Å². The molecule has 0 radical (unpaired) electrons. The molecule has 1 aromatic heterocycles. The monoisotopic (exact) mass is 367 g/mol. The SMILES string of the molecule is CN(C)c1c(C=C(c2ccccc2)c2ccccc2)c(=O)oc2ccccc12. The molecule has 0 aliphatic heterocycles. The van der Waals surface area contributed by atoms with Crippen LogP contribution in [0.25, 0.3) is 22.6 Å². The van der Waals surface area contributed by atoms with Crippen molar-refractivity contribution in [3.05, 3.63) is 112 Å². The van der Waals surface area contributed by atoms with Gasteiger partial charge in [0.05, 0.1) is 11.3 Å². The maximum Gasteiger partial charge on any atom is 0.345 e. The number of fused-ring (bicyclic) bond motifs is 1. The Balaban J connectivity index is 2.04. The summed E-state index contributed by atoms with van der Waals surface area (Å²) < 4.78 is 5.63. The highest BCUT2D eigenvalue weighted by molar-refractivity contribution is 5.99. The van der Waals surface area contributed by atoms with E-state index in [1.165, 1.54) is 0 Å². The van der Waals surface area contributed by atoms with Crippen LogP contribution in [-0.2, 0) is 0 Å². The van der Waals surface area contributed by atoms with Crippen LogP contribution in [0.3, 0.4) is 0 Å². The Morgan fingerprint density at radius 3 is 1.89 bits per heavy atom. The van der Waals surface area contributed by atoms with Crippen LogP contribution in [0.2, 0.25) is 0 Å². The van der Waals surface area contributed by atoms with Gasteiger partial charge in [0.15, 0.2) is 0 Å². The van der Waals surface area contributed by atoms with Gasteiger partial charge in [-0.25, -0.2) is 4.79 Å². The third kappa shape index (κ3) is 3.35. The lowest BCUT2D eigenvalue weighted by Gasteiger charge is -2.18. The van der Waals surface area contributed by atoms with E-state index < -0.39 is 0 Å². The van der Waals surface area contributed by atoms with Gasteiger partial charge in [0.1, 0.15) is 5.58 Å². The van der Waals surface area contributed by atoms with E-state index in [1.54, 1.807) is 0 Å². The van der Waals surface area contributed by atoms with Gasteiger partial charge in [-0.3, -0.25) is 0 Å². The van der Waals surface area contributed by atoms with Gasteiger partial charge in [-0.2, -0.15) is 0 Å². The summed E-state index contributed by atoms with van der Waals surface area (Å²) in [6.45, 7) is 0. The summed E-state index contributed by atoms with van der Waals surface area (Å²) in [5, 5.41) is 0.916. The van der Waals surface area contributed by atoms with Crippen molar-refractivity contribution >= 4 is 28.3 Å². The van der Waals surface area contributed by atoms with Gasteiger partial charge in [0.2, 0.25) is 0 Å². The van der Waals surface area contributed by atoms with Gasteiger partial charge in [-0.1, -0.05) is 72.8 Å². The molecule has 1 heterocycles. The number of hydrogen-bond donors (Lipinski definition) is 0. The Hall–Kier alpha value is -3.59. The normalized spacial score (nSPS) is 10.6. The van der Waals surface area contributed by atoms with Crippen LogP contribution in [0.1, 0.15) is 16.7 Å². The van der Waals surface area contributed by atoms with E-state index >= 15 is 0 Å². The molecule has 138 valence electrons. The standard InChI is InChI=1S/C25H21NO2/c1-26(2)24-20-15-9-10-16-23(20)28-25(27)22(24)17-21(18-11-5-3-6-12-18)19-13-7-4-8-14-19/h3-17H,1-2H3. The van der Waals surface area contributed by atoms with Gasteiger partial charge >= 0.3 is 5.63 Å². The fraction of sp³-hybridized carbons (Fsp3) is 0.0800. The largest absolute Gasteiger partial charge is 0.422 e. The number of anilines is 1. The van der Waals surface area contributed by atoms with Gasteiger partial charge < -0.3 is 9.32 Å². The zero-order valence-electron chi connectivity index (χ0n) is 15.9. The summed E-state index contributed by atoms with van der Waals surface area (Å²) in [5.74, 6) is 0. The second kappa shape index (κ2) is 7.57. The van der Waals surface area contributed by atoms with Crippen molar-refractivity contribution in [2.45, 2.75) is 0 Å². The zero-order chi connectivity index (χ0) is 19.5. The Kier molecular flexibility index (Phi) is 4.81. The number of para-hydroxylation sites is 1. The molecule has 0 N–H and O–H groups in total. The average Bonchev–Trinajstić information content (AvgIpc) is 2.73. The van der Waals surface area contributed by atoms with E-state index in [1.807, 2.05) is 85.7 Å². The Bertz CT molecular complexity index is 1150. The summed E-state index contributed by atoms with van der Waals surface area (Å²) in [4.78, 5) is 14.9. The maximum atomic E-state index is 12.9. The van der Waals surface area contributed by atoms with Crippen molar-refractivity contribution in [3.8, 4) is 0 Å². The molecule has 0 amide bonds. The van der Waals surface area contributed by atoms with Crippen LogP contribution in [0.4, 0.5) is 5.69 Å². The predicted molar refractivity (Wildman–Crippen MR) is 117 cm³/mol. The van der Waals surface area contributed by atoms with E-state index in [9.17, 15) is 4.79 Å². The Labute approximate surface area is 164 Å². The first-order chi connectivity index (χ1) is 13.6. The molecule has 0 saturated heterocycles. The molecule has 0 spiro atoms. The smallest absolute Gasteiger partial charge is 0.345 e. The molecule has 0 atom stereocenters. The first-order valence-corrected chi connectivity index (χ1v) is 9.21. The number of nitrogens with zero attached hydrogens (tertiary/aromatic N) is 1. The molecule has 0 saturated carbocycles. The molecule has 0 bridgehead atoms. The van der Waals surface area contributed by atoms with Gasteiger partial charge in [-0.05, 0) is 34.9 Å². The molecule has 3 aromatic carbocycles. The zero-order valence-corrected chi connectivity index (χ0v) is 15.9. The van der Waals surface area contributed by atoms with Crippen LogP contribution in [-0.4, -0.2) is 14.1 Å². The summed E-state index contributed by atoms with van der Waals surface area (Å²) in [5.41, 5.74) is 4.73. The summed E-state index contributed by atoms with van der Waals surface area (Å²) in [6, 6.07) is 27.8. The highest BCUT2D eigenvalue weighted by atomic mass is 16.4. The van der Waals surface area contributed by atoms with Gasteiger partial charge in [0, 0.05) is 19.5 Å². The second-order valence-corrected chi connectivity index (χ2v) is 6.83. The lowest BCUT2D eigenvalue weighted by atomic mass is 9.95. The third-order valence-electron chi connectivity index (χ3n) is 4.73. The summed E-state index contributed by atoms with van der Waals surface area (Å²) in [7, 11) is 3.90. The molecule has 3 heteroatoms. The van der Waals surface area contributed by atoms with Crippen molar-refractivity contribution in [1.82, 2.24) is 0 Å².